The van der Waals surface area contributed by atoms with Crippen LogP contribution >= 0.6 is 11.8 Å². The first kappa shape index (κ1) is 12.8. The quantitative estimate of drug-likeness (QED) is 0.798. The smallest absolute Gasteiger partial charge is 0.281 e. The van der Waals surface area contributed by atoms with Crippen molar-refractivity contribution >= 4 is 17.5 Å². The van der Waals surface area contributed by atoms with E-state index in [-0.39, 0.29) is 5.78 Å². The summed E-state index contributed by atoms with van der Waals surface area (Å²) >= 11 is 1.16. The molecule has 0 aliphatic carbocycles. The average Bonchev–Trinajstić information content (AvgIpc) is 2.68. The van der Waals surface area contributed by atoms with Gasteiger partial charge in [0, 0.05) is 17.4 Å². The number of aryl methyl sites for hydroxylation is 2. The van der Waals surface area contributed by atoms with Crippen LogP contribution in [-0.2, 0) is 0 Å². The normalized spacial score (nSPS) is 10.7. The zero-order valence-electron chi connectivity index (χ0n) is 10.2. The molecular weight excluding hydrogens is 255 g/mol. The van der Waals surface area contributed by atoms with E-state index in [1.807, 2.05) is 0 Å². The molecule has 6 heteroatoms. The van der Waals surface area contributed by atoms with Crippen molar-refractivity contribution in [3.05, 3.63) is 35.0 Å². The largest absolute Gasteiger partial charge is 0.416 e. The van der Waals surface area contributed by atoms with Crippen LogP contribution in [0.2, 0.25) is 0 Å². The summed E-state index contributed by atoms with van der Waals surface area (Å²) in [5, 5.41) is 7.87. The predicted molar refractivity (Wildman–Crippen MR) is 64.3 cm³/mol. The van der Waals surface area contributed by atoms with Gasteiger partial charge in [-0.1, -0.05) is 0 Å². The van der Waals surface area contributed by atoms with E-state index in [0.29, 0.717) is 27.1 Å². The van der Waals surface area contributed by atoms with Crippen molar-refractivity contribution in [2.75, 3.05) is 0 Å². The molecule has 1 heterocycles. The summed E-state index contributed by atoms with van der Waals surface area (Å²) in [5.74, 6) is -0.153. The van der Waals surface area contributed by atoms with Crippen LogP contribution in [0.3, 0.4) is 0 Å². The molecule has 18 heavy (non-hydrogen) atoms. The zero-order valence-corrected chi connectivity index (χ0v) is 11.0. The summed E-state index contributed by atoms with van der Waals surface area (Å²) in [6.07, 6.45) is 0. The maximum absolute atomic E-state index is 13.4. The molecule has 0 atom stereocenters. The summed E-state index contributed by atoms with van der Waals surface area (Å²) in [7, 11) is 0. The third-order valence-electron chi connectivity index (χ3n) is 2.34. The Morgan fingerprint density at radius 2 is 2.06 bits per heavy atom. The number of benzene rings is 1. The number of rotatable bonds is 3. The summed E-state index contributed by atoms with van der Waals surface area (Å²) in [4.78, 5) is 12.1. The number of hydrogen-bond acceptors (Lipinski definition) is 5. The Hall–Kier alpha value is -1.69. The molecule has 0 N–H and O–H groups in total. The van der Waals surface area contributed by atoms with Crippen molar-refractivity contribution in [2.24, 2.45) is 0 Å². The topological polar surface area (TPSA) is 56.0 Å². The second kappa shape index (κ2) is 4.89. The van der Waals surface area contributed by atoms with E-state index in [4.69, 9.17) is 4.42 Å². The number of hydrogen-bond donors (Lipinski definition) is 0. The number of Topliss-reactive ketones (excluding diaryl/α,β-unsaturated/α-hetero) is 1. The first-order valence-corrected chi connectivity index (χ1v) is 6.08. The molecule has 2 rings (SSSR count). The molecule has 0 aliphatic rings. The Kier molecular flexibility index (Phi) is 3.47. The highest BCUT2D eigenvalue weighted by molar-refractivity contribution is 7.99. The van der Waals surface area contributed by atoms with Crippen LogP contribution in [0.15, 0.2) is 26.7 Å². The number of nitrogens with zero attached hydrogens (tertiary/aromatic N) is 2. The van der Waals surface area contributed by atoms with Crippen LogP contribution < -0.4 is 0 Å². The molecule has 0 saturated carbocycles. The van der Waals surface area contributed by atoms with Gasteiger partial charge in [-0.15, -0.1) is 10.2 Å². The van der Waals surface area contributed by atoms with Crippen LogP contribution in [0.1, 0.15) is 28.7 Å². The molecule has 0 bridgehead atoms. The molecule has 0 saturated heterocycles. The number of halogens is 1. The van der Waals surface area contributed by atoms with E-state index < -0.39 is 5.82 Å². The molecule has 4 nitrogen and oxygen atoms in total. The van der Waals surface area contributed by atoms with Crippen LogP contribution in [0.4, 0.5) is 4.39 Å². The van der Waals surface area contributed by atoms with Gasteiger partial charge in [-0.25, -0.2) is 4.39 Å². The Morgan fingerprint density at radius 3 is 2.61 bits per heavy atom. The van der Waals surface area contributed by atoms with E-state index in [1.165, 1.54) is 13.0 Å². The highest BCUT2D eigenvalue weighted by Crippen LogP contribution is 2.31. The van der Waals surface area contributed by atoms with Crippen LogP contribution in [0.25, 0.3) is 0 Å². The van der Waals surface area contributed by atoms with Gasteiger partial charge in [-0.2, -0.15) is 0 Å². The Bertz CT molecular complexity index is 610. The lowest BCUT2D eigenvalue weighted by atomic mass is 10.1. The van der Waals surface area contributed by atoms with E-state index in [1.54, 1.807) is 19.9 Å². The van der Waals surface area contributed by atoms with Gasteiger partial charge in [0.25, 0.3) is 5.22 Å². The fourth-order valence-corrected chi connectivity index (χ4v) is 2.41. The predicted octanol–water partition coefficient (Wildman–Crippen LogP) is 3.18. The average molecular weight is 266 g/mol. The van der Waals surface area contributed by atoms with Gasteiger partial charge >= 0.3 is 0 Å². The number of aromatic nitrogens is 2. The summed E-state index contributed by atoms with van der Waals surface area (Å²) in [5.41, 5.74) is 0.790. The first-order valence-electron chi connectivity index (χ1n) is 5.26. The Morgan fingerprint density at radius 1 is 1.33 bits per heavy atom. The minimum atomic E-state index is -0.397. The number of carbonyl (C=O) groups excluding carboxylic acids is 1. The molecule has 2 aromatic rings. The van der Waals surface area contributed by atoms with Crippen molar-refractivity contribution in [2.45, 2.75) is 30.9 Å². The molecule has 1 aromatic heterocycles. The second-order valence-corrected chi connectivity index (χ2v) is 4.84. The lowest BCUT2D eigenvalue weighted by molar-refractivity contribution is 0.101. The maximum Gasteiger partial charge on any atom is 0.281 e. The molecule has 0 amide bonds. The van der Waals surface area contributed by atoms with E-state index in [2.05, 4.69) is 10.2 Å². The Balaban J connectivity index is 2.42. The van der Waals surface area contributed by atoms with Gasteiger partial charge in [-0.3, -0.25) is 4.79 Å². The molecule has 0 spiro atoms. The second-order valence-electron chi connectivity index (χ2n) is 3.84. The molecule has 1 aromatic carbocycles. The van der Waals surface area contributed by atoms with Gasteiger partial charge in [-0.05, 0) is 43.3 Å². The summed E-state index contributed by atoms with van der Waals surface area (Å²) in [6.45, 7) is 4.72. The van der Waals surface area contributed by atoms with Gasteiger partial charge in [0.15, 0.2) is 5.78 Å². The van der Waals surface area contributed by atoms with Crippen LogP contribution in [-0.4, -0.2) is 16.0 Å². The highest BCUT2D eigenvalue weighted by atomic mass is 32.2. The molecular formula is C12H11FN2O2S. The fourth-order valence-electron chi connectivity index (χ4n) is 1.43. The summed E-state index contributed by atoms with van der Waals surface area (Å²) in [6, 6.07) is 2.85. The minimum Gasteiger partial charge on any atom is -0.416 e. The first-order chi connectivity index (χ1) is 8.47. The third kappa shape index (κ3) is 2.59. The minimum absolute atomic E-state index is 0.201. The molecule has 94 valence electrons. The fraction of sp³-hybridized carbons (Fsp3) is 0.250. The van der Waals surface area contributed by atoms with Gasteiger partial charge in [0.1, 0.15) is 5.82 Å². The van der Waals surface area contributed by atoms with Crippen molar-refractivity contribution in [1.29, 1.82) is 0 Å². The van der Waals surface area contributed by atoms with Gasteiger partial charge in [0.05, 0.1) is 0 Å². The molecule has 0 aliphatic heterocycles. The summed E-state index contributed by atoms with van der Waals surface area (Å²) < 4.78 is 18.7. The Labute approximate surface area is 108 Å². The van der Waals surface area contributed by atoms with E-state index in [9.17, 15) is 9.18 Å². The molecule has 0 radical (unpaired) electrons. The number of carbonyl (C=O) groups is 1. The van der Waals surface area contributed by atoms with Gasteiger partial charge in [0.2, 0.25) is 5.89 Å². The maximum atomic E-state index is 13.4. The van der Waals surface area contributed by atoms with E-state index >= 15 is 0 Å². The standard InChI is InChI=1S/C12H11FN2O2S/c1-6-4-11(9(7(2)16)5-10(6)13)18-12-15-14-8(3)17-12/h4-5H,1-3H3. The van der Waals surface area contributed by atoms with Crippen molar-refractivity contribution in [3.63, 3.8) is 0 Å². The van der Waals surface area contributed by atoms with E-state index in [0.717, 1.165) is 11.8 Å². The lowest BCUT2D eigenvalue weighted by Crippen LogP contribution is -1.98. The van der Waals surface area contributed by atoms with Crippen molar-refractivity contribution < 1.29 is 13.6 Å². The van der Waals surface area contributed by atoms with Crippen molar-refractivity contribution in [3.8, 4) is 0 Å². The lowest BCUT2D eigenvalue weighted by Gasteiger charge is -2.06. The zero-order chi connectivity index (χ0) is 13.3. The number of ketones is 1. The SMILES string of the molecule is CC(=O)c1cc(F)c(C)cc1Sc1nnc(C)o1. The van der Waals surface area contributed by atoms with Crippen LogP contribution in [0.5, 0.6) is 0 Å². The molecule has 0 fully saturated rings. The van der Waals surface area contributed by atoms with Crippen molar-refractivity contribution in [1.82, 2.24) is 10.2 Å². The van der Waals surface area contributed by atoms with Crippen LogP contribution in [0, 0.1) is 19.7 Å². The van der Waals surface area contributed by atoms with Gasteiger partial charge < -0.3 is 4.42 Å². The molecule has 0 unspecified atom stereocenters. The monoisotopic (exact) mass is 266 g/mol. The third-order valence-corrected chi connectivity index (χ3v) is 3.24. The highest BCUT2D eigenvalue weighted by Gasteiger charge is 2.15.